The Morgan fingerprint density at radius 3 is 2.00 bits per heavy atom. The maximum absolute atomic E-state index is 9.99. The van der Waals surface area contributed by atoms with Crippen molar-refractivity contribution >= 4 is 49.1 Å². The standard InChI is InChI=1S/C3H7I2NO2.Na/c1-5(2)6(4)3(7)8;/h1-2H3,(H,7,8);/q;+1/p-1. The zero-order valence-electron chi connectivity index (χ0n) is 5.52. The molecule has 0 N–H and O–H groups in total. The molecular weight excluding hydrogens is 359 g/mol. The van der Waals surface area contributed by atoms with Gasteiger partial charge < -0.3 is 0 Å². The van der Waals surface area contributed by atoms with Crippen molar-refractivity contribution in [3.8, 4) is 0 Å². The number of rotatable bonds is 1. The molecule has 0 rings (SSSR count). The average Bonchev–Trinajstić information content (AvgIpc) is 1.64. The summed E-state index contributed by atoms with van der Waals surface area (Å²) < 4.78 is 1.27. The largest absolute Gasteiger partial charge is 1.00 e. The topological polar surface area (TPSA) is 43.4 Å². The van der Waals surface area contributed by atoms with Crippen molar-refractivity contribution in [3.05, 3.63) is 0 Å². The Morgan fingerprint density at radius 2 is 2.00 bits per heavy atom. The van der Waals surface area contributed by atoms with Crippen molar-refractivity contribution in [3.63, 3.8) is 0 Å². The molecule has 0 aromatic rings. The Balaban J connectivity index is 0. The van der Waals surface area contributed by atoms with Gasteiger partial charge in [-0.2, -0.15) is 0 Å². The van der Waals surface area contributed by atoms with Crippen molar-refractivity contribution in [2.45, 2.75) is 0 Å². The Bertz CT molecular complexity index is 99.8. The molecule has 0 spiro atoms. The molecule has 0 aliphatic carbocycles. The van der Waals surface area contributed by atoms with Gasteiger partial charge in [0.15, 0.2) is 0 Å². The van der Waals surface area contributed by atoms with Crippen LogP contribution in [0.2, 0.25) is 0 Å². The van der Waals surface area contributed by atoms with Gasteiger partial charge in [0, 0.05) is 0 Å². The molecule has 0 aromatic heterocycles. The molecule has 0 aliphatic heterocycles. The molecule has 6 heteroatoms. The summed E-state index contributed by atoms with van der Waals surface area (Å²) in [5, 5.41) is 9.99. The summed E-state index contributed by atoms with van der Waals surface area (Å²) in [5.74, 6) is 0. The quantitative estimate of drug-likeness (QED) is 0.227. The molecule has 0 heterocycles. The van der Waals surface area contributed by atoms with Crippen molar-refractivity contribution in [1.29, 1.82) is 0 Å². The van der Waals surface area contributed by atoms with E-state index in [9.17, 15) is 9.90 Å². The monoisotopic (exact) mass is 365 g/mol. The molecule has 9 heavy (non-hydrogen) atoms. The smallest absolute Gasteiger partial charge is 1.00 e. The summed E-state index contributed by atoms with van der Waals surface area (Å²) in [5.41, 5.74) is 0. The second-order valence-corrected chi connectivity index (χ2v) is 9.08. The summed E-state index contributed by atoms with van der Waals surface area (Å²) in [7, 11) is 0. The normalized spacial score (nSPS) is 9.44. The van der Waals surface area contributed by atoms with Gasteiger partial charge in [-0.1, -0.05) is 0 Å². The Labute approximate surface area is 98.1 Å². The number of carboxylic acid groups (broad SMARTS) is 1. The molecule has 3 nitrogen and oxygen atoms in total. The zero-order chi connectivity index (χ0) is 6.73. The minimum Gasteiger partial charge on any atom is 1.00 e. The van der Waals surface area contributed by atoms with Crippen LogP contribution in [-0.4, -0.2) is 17.3 Å². The predicted molar refractivity (Wildman–Crippen MR) is 47.1 cm³/mol. The van der Waals surface area contributed by atoms with E-state index in [1.165, 1.54) is 1.33 Å². The number of carbonyl (C=O) groups excluding carboxylic acids is 1. The van der Waals surface area contributed by atoms with E-state index >= 15 is 0 Å². The van der Waals surface area contributed by atoms with Gasteiger partial charge in [0.25, 0.3) is 0 Å². The molecule has 0 saturated heterocycles. The molecule has 0 bridgehead atoms. The van der Waals surface area contributed by atoms with Gasteiger partial charge in [-0.3, -0.25) is 0 Å². The van der Waals surface area contributed by atoms with Crippen molar-refractivity contribution < 1.29 is 39.5 Å². The van der Waals surface area contributed by atoms with E-state index in [4.69, 9.17) is 0 Å². The molecule has 0 saturated carbocycles. The van der Waals surface area contributed by atoms with Crippen LogP contribution in [0.1, 0.15) is 0 Å². The summed E-state index contributed by atoms with van der Waals surface area (Å²) in [6.07, 6.45) is -1.07. The van der Waals surface area contributed by atoms with Crippen LogP contribution in [0.4, 0.5) is 4.79 Å². The number of hydrogen-bond donors (Lipinski definition) is 0. The molecule has 0 atom stereocenters. The summed E-state index contributed by atoms with van der Waals surface area (Å²) >= 11 is 0.449. The molecule has 0 aromatic carbocycles. The Hall–Kier alpha value is 1.73. The Morgan fingerprint density at radius 1 is 1.67 bits per heavy atom. The van der Waals surface area contributed by atoms with Crippen molar-refractivity contribution in [2.75, 3.05) is 9.86 Å². The molecular formula is C3H6I2NNaO2. The second-order valence-electron chi connectivity index (χ2n) is 1.21. The summed E-state index contributed by atoms with van der Waals surface area (Å²) in [6, 6.07) is 0. The minimum absolute atomic E-state index is 0. The van der Waals surface area contributed by atoms with Gasteiger partial charge in [-0.05, 0) is 0 Å². The number of carbonyl (C=O) groups is 1. The van der Waals surface area contributed by atoms with Gasteiger partial charge in [0.2, 0.25) is 0 Å². The van der Waals surface area contributed by atoms with Gasteiger partial charge in [-0.25, -0.2) is 0 Å². The van der Waals surface area contributed by atoms with E-state index in [0.29, 0.717) is 0 Å². The van der Waals surface area contributed by atoms with E-state index in [2.05, 4.69) is 0 Å². The molecule has 0 unspecified atom stereocenters. The third-order valence-corrected chi connectivity index (χ3v) is 7.81. The number of amides is 1. The first-order valence-corrected chi connectivity index (χ1v) is 7.97. The van der Waals surface area contributed by atoms with Crippen LogP contribution in [0.5, 0.6) is 0 Å². The fourth-order valence-corrected chi connectivity index (χ4v) is 0.926. The second kappa shape index (κ2) is 6.44. The zero-order valence-corrected chi connectivity index (χ0v) is 11.8. The van der Waals surface area contributed by atoms with Crippen molar-refractivity contribution in [1.82, 2.24) is 1.33 Å². The van der Waals surface area contributed by atoms with E-state index in [1.807, 2.05) is 9.86 Å². The first-order valence-electron chi connectivity index (χ1n) is 1.73. The van der Waals surface area contributed by atoms with Gasteiger partial charge >= 0.3 is 99.7 Å². The number of halogens is 2. The van der Waals surface area contributed by atoms with E-state index in [-0.39, 0.29) is 29.6 Å². The van der Waals surface area contributed by atoms with Crippen LogP contribution >= 0.6 is 43.0 Å². The maximum atomic E-state index is 9.99. The fourth-order valence-electron chi connectivity index (χ4n) is 0.138. The molecule has 50 valence electrons. The van der Waals surface area contributed by atoms with Crippen LogP contribution < -0.4 is 34.7 Å². The molecule has 0 fully saturated rings. The number of nitrogens with zero attached hydrogens (tertiary/aromatic N) is 1. The van der Waals surface area contributed by atoms with Crippen LogP contribution in [0.25, 0.3) is 0 Å². The number of alkyl halides is 2. The molecule has 0 aliphatic rings. The maximum Gasteiger partial charge on any atom is 1.00 e. The van der Waals surface area contributed by atoms with E-state index < -0.39 is 26.2 Å². The van der Waals surface area contributed by atoms with E-state index in [0.717, 1.165) is 0 Å². The SMILES string of the molecule is CI(C)N(I)C(=O)[O-].[Na+]. The van der Waals surface area contributed by atoms with Crippen molar-refractivity contribution in [2.24, 2.45) is 0 Å². The molecule has 0 radical (unpaired) electrons. The van der Waals surface area contributed by atoms with Gasteiger partial charge in [0.1, 0.15) is 0 Å². The van der Waals surface area contributed by atoms with E-state index in [1.54, 1.807) is 22.9 Å². The van der Waals surface area contributed by atoms with Crippen LogP contribution in [0.15, 0.2) is 0 Å². The Kier molecular flexibility index (Phi) is 9.54. The third kappa shape index (κ3) is 6.14. The first-order chi connectivity index (χ1) is 3.55. The predicted octanol–water partition coefficient (Wildman–Crippen LogP) is -2.33. The van der Waals surface area contributed by atoms with Gasteiger partial charge in [0.05, 0.1) is 0 Å². The molecule has 1 amide bonds. The third-order valence-electron chi connectivity index (χ3n) is 0.435. The fraction of sp³-hybridized carbons (Fsp3) is 0.667. The average molecular weight is 365 g/mol. The summed E-state index contributed by atoms with van der Waals surface area (Å²) in [6.45, 7) is 0. The van der Waals surface area contributed by atoms with Crippen LogP contribution in [-0.2, 0) is 0 Å². The minimum atomic E-state index is -1.31. The first kappa shape index (κ1) is 13.3. The van der Waals surface area contributed by atoms with Crippen LogP contribution in [0, 0.1) is 0 Å². The van der Waals surface area contributed by atoms with Crippen LogP contribution in [0.3, 0.4) is 0 Å². The van der Waals surface area contributed by atoms with Gasteiger partial charge in [-0.15, -0.1) is 0 Å². The summed E-state index contributed by atoms with van der Waals surface area (Å²) in [4.78, 5) is 13.9. The number of hydrogen-bond acceptors (Lipinski definition) is 2.